The van der Waals surface area contributed by atoms with Crippen LogP contribution in [0, 0.1) is 0 Å². The molecule has 1 heterocycles. The van der Waals surface area contributed by atoms with E-state index in [1.54, 1.807) is 12.1 Å². The molecule has 1 N–H and O–H groups in total. The van der Waals surface area contributed by atoms with Crippen molar-refractivity contribution in [2.45, 2.75) is 24.7 Å². The molecule has 0 radical (unpaired) electrons. The maximum Gasteiger partial charge on any atom is 0.267 e. The van der Waals surface area contributed by atoms with Gasteiger partial charge in [-0.1, -0.05) is 41.1 Å². The van der Waals surface area contributed by atoms with Gasteiger partial charge in [-0.05, 0) is 18.2 Å². The molecule has 0 atom stereocenters. The van der Waals surface area contributed by atoms with E-state index in [9.17, 15) is 8.42 Å². The molecule has 2 aromatic rings. The summed E-state index contributed by atoms with van der Waals surface area (Å²) in [6, 6.07) is 4.77. The van der Waals surface area contributed by atoms with E-state index in [2.05, 4.69) is 30.8 Å². The predicted octanol–water partition coefficient (Wildman–Crippen LogP) is 3.23. The average Bonchev–Trinajstić information content (AvgIpc) is 2.86. The Kier molecular flexibility index (Phi) is 4.84. The number of hydrogen-bond acceptors (Lipinski definition) is 6. The molecular formula is C12H14BrN3O3S2. The Bertz CT molecular complexity index is 744. The molecule has 0 bridgehead atoms. The molecule has 1 aromatic carbocycles. The third-order valence-electron chi connectivity index (χ3n) is 2.57. The second-order valence-electron chi connectivity index (χ2n) is 4.50. The summed E-state index contributed by atoms with van der Waals surface area (Å²) in [4.78, 5) is 0.0423. The summed E-state index contributed by atoms with van der Waals surface area (Å²) in [6.07, 6.45) is 0. The molecule has 1 aromatic heterocycles. The monoisotopic (exact) mass is 391 g/mol. The molecule has 0 saturated carbocycles. The molecule has 6 nitrogen and oxygen atoms in total. The van der Waals surface area contributed by atoms with Gasteiger partial charge in [-0.2, -0.15) is 0 Å². The van der Waals surface area contributed by atoms with Crippen molar-refractivity contribution in [3.05, 3.63) is 27.7 Å². The highest BCUT2D eigenvalue weighted by atomic mass is 79.9. The number of aromatic nitrogens is 2. The highest BCUT2D eigenvalue weighted by Crippen LogP contribution is 2.30. The zero-order chi connectivity index (χ0) is 15.6. The third-order valence-corrected chi connectivity index (χ3v) is 5.69. The summed E-state index contributed by atoms with van der Waals surface area (Å²) >= 11 is 4.47. The summed E-state index contributed by atoms with van der Waals surface area (Å²) in [6.45, 7) is 3.94. The highest BCUT2D eigenvalue weighted by Gasteiger charge is 2.22. The van der Waals surface area contributed by atoms with Crippen molar-refractivity contribution in [1.82, 2.24) is 10.2 Å². The van der Waals surface area contributed by atoms with Crippen molar-refractivity contribution >= 4 is 42.4 Å². The fourth-order valence-corrected chi connectivity index (χ4v) is 4.22. The van der Waals surface area contributed by atoms with Gasteiger partial charge in [-0.25, -0.2) is 8.42 Å². The lowest BCUT2D eigenvalue weighted by molar-refractivity contribution is 0.403. The van der Waals surface area contributed by atoms with Crippen LogP contribution >= 0.6 is 27.3 Å². The van der Waals surface area contributed by atoms with Crippen molar-refractivity contribution in [2.75, 3.05) is 11.8 Å². The van der Waals surface area contributed by atoms with Gasteiger partial charge in [-0.15, -0.1) is 10.2 Å². The minimum absolute atomic E-state index is 0.0423. The van der Waals surface area contributed by atoms with Crippen molar-refractivity contribution in [2.24, 2.45) is 0 Å². The summed E-state index contributed by atoms with van der Waals surface area (Å²) in [5.41, 5.74) is 0. The molecule has 0 fully saturated rings. The van der Waals surface area contributed by atoms with Gasteiger partial charge in [0.25, 0.3) is 10.0 Å². The third kappa shape index (κ3) is 3.72. The van der Waals surface area contributed by atoms with Gasteiger partial charge in [0.2, 0.25) is 5.13 Å². The first-order valence-corrected chi connectivity index (χ1v) is 9.12. The van der Waals surface area contributed by atoms with Crippen molar-refractivity contribution in [3.63, 3.8) is 0 Å². The van der Waals surface area contributed by atoms with Crippen LogP contribution in [0.5, 0.6) is 5.75 Å². The fourth-order valence-electron chi connectivity index (χ4n) is 1.54. The largest absolute Gasteiger partial charge is 0.495 e. The molecule has 0 spiro atoms. The van der Waals surface area contributed by atoms with Gasteiger partial charge in [0.15, 0.2) is 0 Å². The van der Waals surface area contributed by atoms with Crippen LogP contribution in [0.2, 0.25) is 0 Å². The summed E-state index contributed by atoms with van der Waals surface area (Å²) in [5, 5.41) is 8.82. The number of nitrogens with zero attached hydrogens (tertiary/aromatic N) is 2. The average molecular weight is 392 g/mol. The Morgan fingerprint density at radius 3 is 2.62 bits per heavy atom. The smallest absolute Gasteiger partial charge is 0.267 e. The van der Waals surface area contributed by atoms with Crippen LogP contribution < -0.4 is 9.46 Å². The van der Waals surface area contributed by atoms with Crippen molar-refractivity contribution in [1.29, 1.82) is 0 Å². The number of hydrogen-bond donors (Lipinski definition) is 1. The zero-order valence-electron chi connectivity index (χ0n) is 11.6. The molecule has 0 amide bonds. The molecule has 0 saturated heterocycles. The lowest BCUT2D eigenvalue weighted by Crippen LogP contribution is -2.14. The zero-order valence-corrected chi connectivity index (χ0v) is 14.8. The van der Waals surface area contributed by atoms with Crippen LogP contribution in [-0.4, -0.2) is 25.7 Å². The topological polar surface area (TPSA) is 81.2 Å². The summed E-state index contributed by atoms with van der Waals surface area (Å²) in [7, 11) is -2.37. The molecule has 9 heteroatoms. The van der Waals surface area contributed by atoms with Crippen LogP contribution in [0.4, 0.5) is 5.13 Å². The Morgan fingerprint density at radius 1 is 1.33 bits per heavy atom. The van der Waals surface area contributed by atoms with Crippen LogP contribution in [0.1, 0.15) is 24.8 Å². The normalized spacial score (nSPS) is 11.7. The number of methoxy groups -OCH3 is 1. The van der Waals surface area contributed by atoms with E-state index in [0.29, 0.717) is 4.47 Å². The molecule has 0 aliphatic rings. The first-order valence-electron chi connectivity index (χ1n) is 6.03. The van der Waals surface area contributed by atoms with Crippen LogP contribution in [0.15, 0.2) is 27.6 Å². The van der Waals surface area contributed by atoms with Gasteiger partial charge in [0.1, 0.15) is 15.7 Å². The fraction of sp³-hybridized carbons (Fsp3) is 0.333. The van der Waals surface area contributed by atoms with E-state index >= 15 is 0 Å². The Labute approximate surface area is 135 Å². The second-order valence-corrected chi connectivity index (χ2v) is 8.08. The van der Waals surface area contributed by atoms with Crippen molar-refractivity contribution in [3.8, 4) is 5.75 Å². The lowest BCUT2D eigenvalue weighted by Gasteiger charge is -2.10. The molecule has 0 aliphatic carbocycles. The standard InChI is InChI=1S/C12H14BrN3O3S2/c1-7(2)11-14-15-12(20-11)16-21(17,18)10-6-8(13)4-5-9(10)19-3/h4-7H,1-3H3,(H,15,16). The minimum atomic E-state index is -3.79. The van der Waals surface area contributed by atoms with E-state index in [1.807, 2.05) is 13.8 Å². The Balaban J connectivity index is 2.35. The number of nitrogens with one attached hydrogen (secondary N) is 1. The van der Waals surface area contributed by atoms with E-state index in [4.69, 9.17) is 4.74 Å². The molecular weight excluding hydrogens is 378 g/mol. The maximum absolute atomic E-state index is 12.4. The quantitative estimate of drug-likeness (QED) is 0.845. The number of halogens is 1. The molecule has 114 valence electrons. The first-order chi connectivity index (χ1) is 9.83. The Morgan fingerprint density at radius 2 is 2.05 bits per heavy atom. The van der Waals surface area contributed by atoms with Crippen LogP contribution in [0.25, 0.3) is 0 Å². The van der Waals surface area contributed by atoms with Gasteiger partial charge >= 0.3 is 0 Å². The molecule has 2 rings (SSSR count). The molecule has 0 aliphatic heterocycles. The number of ether oxygens (including phenoxy) is 1. The van der Waals surface area contributed by atoms with E-state index in [0.717, 1.165) is 5.01 Å². The summed E-state index contributed by atoms with van der Waals surface area (Å²) < 4.78 is 33.0. The number of sulfonamides is 1. The Hall–Kier alpha value is -1.19. The molecule has 0 unspecified atom stereocenters. The van der Waals surface area contributed by atoms with Gasteiger partial charge in [0, 0.05) is 10.4 Å². The second kappa shape index (κ2) is 6.29. The SMILES string of the molecule is COc1ccc(Br)cc1S(=O)(=O)Nc1nnc(C(C)C)s1. The lowest BCUT2D eigenvalue weighted by atomic mass is 10.2. The predicted molar refractivity (Wildman–Crippen MR) is 85.5 cm³/mol. The van der Waals surface area contributed by atoms with Gasteiger partial charge in [-0.3, -0.25) is 4.72 Å². The van der Waals surface area contributed by atoms with Crippen molar-refractivity contribution < 1.29 is 13.2 Å². The van der Waals surface area contributed by atoms with Gasteiger partial charge in [0.05, 0.1) is 7.11 Å². The number of benzene rings is 1. The minimum Gasteiger partial charge on any atom is -0.495 e. The van der Waals surface area contributed by atoms with E-state index < -0.39 is 10.0 Å². The summed E-state index contributed by atoms with van der Waals surface area (Å²) in [5.74, 6) is 0.459. The van der Waals surface area contributed by atoms with E-state index in [1.165, 1.54) is 24.5 Å². The first kappa shape index (κ1) is 16.2. The number of rotatable bonds is 5. The number of anilines is 1. The molecule has 21 heavy (non-hydrogen) atoms. The van der Waals surface area contributed by atoms with Gasteiger partial charge < -0.3 is 4.74 Å². The highest BCUT2D eigenvalue weighted by molar-refractivity contribution is 9.10. The van der Waals surface area contributed by atoms with Crippen LogP contribution in [0.3, 0.4) is 0 Å². The van der Waals surface area contributed by atoms with Crippen LogP contribution in [-0.2, 0) is 10.0 Å². The maximum atomic E-state index is 12.4. The van der Waals surface area contributed by atoms with E-state index in [-0.39, 0.29) is 21.7 Å².